The summed E-state index contributed by atoms with van der Waals surface area (Å²) < 4.78 is 7.48. The summed E-state index contributed by atoms with van der Waals surface area (Å²) in [5.74, 6) is -0.481. The predicted molar refractivity (Wildman–Crippen MR) is 106 cm³/mol. The van der Waals surface area contributed by atoms with E-state index in [1.165, 1.54) is 0 Å². The lowest BCUT2D eigenvalue weighted by Crippen LogP contribution is -2.22. The summed E-state index contributed by atoms with van der Waals surface area (Å²) in [7, 11) is 0. The fourth-order valence-corrected chi connectivity index (χ4v) is 3.61. The lowest BCUT2D eigenvalue weighted by molar-refractivity contribution is -0.119. The van der Waals surface area contributed by atoms with E-state index in [1.807, 2.05) is 45.0 Å². The monoisotopic (exact) mass is 368 g/mol. The van der Waals surface area contributed by atoms with Crippen molar-refractivity contribution >= 4 is 17.6 Å². The number of nitrogens with one attached hydrogen (secondary N) is 1. The van der Waals surface area contributed by atoms with Crippen molar-refractivity contribution in [2.75, 3.05) is 11.9 Å². The minimum atomic E-state index is -0.445. The first-order valence-electron chi connectivity index (χ1n) is 9.54. The summed E-state index contributed by atoms with van der Waals surface area (Å²) in [5.41, 5.74) is 5.40. The number of ether oxygens (including phenoxy) is 1. The Morgan fingerprint density at radius 2 is 1.93 bits per heavy atom. The molecule has 5 heteroatoms. The van der Waals surface area contributed by atoms with Gasteiger partial charge in [0.25, 0.3) is 5.91 Å². The largest absolute Gasteiger partial charge is 0.452 e. The lowest BCUT2D eigenvalue weighted by Gasteiger charge is -2.16. The van der Waals surface area contributed by atoms with Gasteiger partial charge in [0.15, 0.2) is 6.61 Å². The third kappa shape index (κ3) is 4.07. The highest BCUT2D eigenvalue weighted by Gasteiger charge is 2.29. The summed E-state index contributed by atoms with van der Waals surface area (Å²) >= 11 is 0. The molecule has 1 saturated carbocycles. The highest BCUT2D eigenvalue weighted by atomic mass is 16.5. The van der Waals surface area contributed by atoms with Crippen molar-refractivity contribution in [2.24, 2.45) is 0 Å². The summed E-state index contributed by atoms with van der Waals surface area (Å²) in [6.07, 6.45) is 2.31. The van der Waals surface area contributed by atoms with Crippen LogP contribution in [-0.2, 0) is 9.53 Å². The lowest BCUT2D eigenvalue weighted by atomic mass is 9.98. The number of benzene rings is 1. The molecule has 5 nitrogen and oxygen atoms in total. The zero-order valence-electron chi connectivity index (χ0n) is 16.8. The Morgan fingerprint density at radius 1 is 1.22 bits per heavy atom. The minimum absolute atomic E-state index is 0.288. The highest BCUT2D eigenvalue weighted by Crippen LogP contribution is 2.38. The van der Waals surface area contributed by atoms with Crippen LogP contribution in [0.25, 0.3) is 0 Å². The molecule has 0 atom stereocenters. The molecule has 0 bridgehead atoms. The second-order valence-electron chi connectivity index (χ2n) is 7.70. The van der Waals surface area contributed by atoms with Gasteiger partial charge >= 0.3 is 5.97 Å². The molecule has 0 saturated heterocycles. The number of para-hydroxylation sites is 1. The number of esters is 1. The van der Waals surface area contributed by atoms with Crippen LogP contribution >= 0.6 is 0 Å². The van der Waals surface area contributed by atoms with E-state index in [0.29, 0.717) is 11.6 Å². The molecular formula is C22H28N2O3. The second kappa shape index (κ2) is 7.59. The molecule has 3 rings (SSSR count). The first-order chi connectivity index (χ1) is 12.8. The van der Waals surface area contributed by atoms with E-state index in [0.717, 1.165) is 41.0 Å². The molecule has 2 aromatic rings. The summed E-state index contributed by atoms with van der Waals surface area (Å²) in [5, 5.41) is 2.91. The predicted octanol–water partition coefficient (Wildman–Crippen LogP) is 4.67. The number of hydrogen-bond acceptors (Lipinski definition) is 3. The maximum atomic E-state index is 12.5. The molecule has 1 aromatic carbocycles. The first-order valence-corrected chi connectivity index (χ1v) is 9.54. The van der Waals surface area contributed by atoms with Crippen molar-refractivity contribution in [3.05, 3.63) is 52.3 Å². The molecule has 0 unspecified atom stereocenters. The van der Waals surface area contributed by atoms with Gasteiger partial charge < -0.3 is 14.6 Å². The van der Waals surface area contributed by atoms with E-state index < -0.39 is 5.97 Å². The smallest absolute Gasteiger partial charge is 0.340 e. The van der Waals surface area contributed by atoms with Crippen LogP contribution in [0.3, 0.4) is 0 Å². The number of rotatable bonds is 6. The van der Waals surface area contributed by atoms with Gasteiger partial charge in [-0.2, -0.15) is 0 Å². The Balaban J connectivity index is 1.65. The molecule has 1 heterocycles. The molecule has 1 aliphatic carbocycles. The molecule has 1 aliphatic rings. The maximum absolute atomic E-state index is 12.5. The third-order valence-electron chi connectivity index (χ3n) is 5.14. The summed E-state index contributed by atoms with van der Waals surface area (Å²) in [6, 6.07) is 8.30. The van der Waals surface area contributed by atoms with Gasteiger partial charge in [-0.15, -0.1) is 0 Å². The van der Waals surface area contributed by atoms with Gasteiger partial charge in [0.1, 0.15) is 0 Å². The molecule has 1 amide bonds. The van der Waals surface area contributed by atoms with Crippen molar-refractivity contribution in [2.45, 2.75) is 59.4 Å². The average Bonchev–Trinajstić information content (AvgIpc) is 3.39. The zero-order chi connectivity index (χ0) is 19.7. The number of amides is 1. The topological polar surface area (TPSA) is 60.3 Å². The van der Waals surface area contributed by atoms with Crippen molar-refractivity contribution in [3.63, 3.8) is 0 Å². The third-order valence-corrected chi connectivity index (χ3v) is 5.14. The number of anilines is 1. The van der Waals surface area contributed by atoms with E-state index in [1.54, 1.807) is 0 Å². The molecule has 0 radical (unpaired) electrons. The van der Waals surface area contributed by atoms with Gasteiger partial charge in [0.2, 0.25) is 0 Å². The van der Waals surface area contributed by atoms with Gasteiger partial charge in [-0.1, -0.05) is 32.0 Å². The van der Waals surface area contributed by atoms with Crippen molar-refractivity contribution in [1.29, 1.82) is 0 Å². The number of nitrogens with zero attached hydrogens (tertiary/aromatic N) is 1. The van der Waals surface area contributed by atoms with Gasteiger partial charge in [-0.3, -0.25) is 4.79 Å². The van der Waals surface area contributed by atoms with Crippen LogP contribution in [0.2, 0.25) is 0 Å². The highest BCUT2D eigenvalue weighted by molar-refractivity contribution is 5.97. The van der Waals surface area contributed by atoms with Crippen LogP contribution in [0.15, 0.2) is 24.3 Å². The fourth-order valence-electron chi connectivity index (χ4n) is 3.61. The van der Waals surface area contributed by atoms with E-state index >= 15 is 0 Å². The molecule has 1 N–H and O–H groups in total. The van der Waals surface area contributed by atoms with Gasteiger partial charge in [-0.25, -0.2) is 4.79 Å². The number of aryl methyl sites for hydroxylation is 2. The van der Waals surface area contributed by atoms with Crippen molar-refractivity contribution in [1.82, 2.24) is 4.57 Å². The normalized spacial score (nSPS) is 13.7. The van der Waals surface area contributed by atoms with Gasteiger partial charge in [-0.05, 0) is 56.7 Å². The Labute approximate surface area is 160 Å². The number of carbonyl (C=O) groups is 2. The molecule has 0 aliphatic heterocycles. The quantitative estimate of drug-likeness (QED) is 0.754. The average molecular weight is 368 g/mol. The molecular weight excluding hydrogens is 340 g/mol. The first kappa shape index (κ1) is 19.2. The molecule has 1 fully saturated rings. The maximum Gasteiger partial charge on any atom is 0.340 e. The molecule has 1 aromatic heterocycles. The van der Waals surface area contributed by atoms with Crippen LogP contribution in [0.4, 0.5) is 5.69 Å². The van der Waals surface area contributed by atoms with E-state index in [2.05, 4.69) is 23.7 Å². The molecule has 27 heavy (non-hydrogen) atoms. The standard InChI is InChI=1S/C22H28N2O3/c1-13(2)18-8-6-7-14(3)21(18)23-20(25)12-27-22(26)19-11-15(4)24(16(19)5)17-9-10-17/h6-8,11,13,17H,9-10,12H2,1-5H3,(H,23,25). The van der Waals surface area contributed by atoms with Crippen molar-refractivity contribution in [3.8, 4) is 0 Å². The van der Waals surface area contributed by atoms with E-state index in [-0.39, 0.29) is 18.4 Å². The minimum Gasteiger partial charge on any atom is -0.452 e. The number of aromatic nitrogens is 1. The number of hydrogen-bond donors (Lipinski definition) is 1. The second-order valence-corrected chi connectivity index (χ2v) is 7.70. The Hall–Kier alpha value is -2.56. The Bertz CT molecular complexity index is 876. The van der Waals surface area contributed by atoms with Crippen LogP contribution in [0.5, 0.6) is 0 Å². The SMILES string of the molecule is Cc1cccc(C(C)C)c1NC(=O)COC(=O)c1cc(C)n(C2CC2)c1C. The van der Waals surface area contributed by atoms with Crippen LogP contribution in [-0.4, -0.2) is 23.1 Å². The molecule has 144 valence electrons. The van der Waals surface area contributed by atoms with E-state index in [4.69, 9.17) is 4.74 Å². The van der Waals surface area contributed by atoms with Gasteiger partial charge in [0, 0.05) is 23.1 Å². The van der Waals surface area contributed by atoms with Gasteiger partial charge in [0.05, 0.1) is 5.56 Å². The van der Waals surface area contributed by atoms with Crippen LogP contribution in [0.1, 0.15) is 71.5 Å². The Kier molecular flexibility index (Phi) is 5.40. The zero-order valence-corrected chi connectivity index (χ0v) is 16.8. The van der Waals surface area contributed by atoms with Crippen LogP contribution in [0, 0.1) is 20.8 Å². The van der Waals surface area contributed by atoms with Crippen molar-refractivity contribution < 1.29 is 14.3 Å². The number of carbonyl (C=O) groups excluding carboxylic acids is 2. The summed E-state index contributed by atoms with van der Waals surface area (Å²) in [6.45, 7) is 9.77. The Morgan fingerprint density at radius 3 is 2.56 bits per heavy atom. The molecule has 0 spiro atoms. The summed E-state index contributed by atoms with van der Waals surface area (Å²) in [4.78, 5) is 24.8. The fraction of sp³-hybridized carbons (Fsp3) is 0.455. The van der Waals surface area contributed by atoms with E-state index in [9.17, 15) is 9.59 Å². The van der Waals surface area contributed by atoms with Crippen LogP contribution < -0.4 is 5.32 Å².